The standard InChI is InChI=1S/C17H17N3O4/c1-12(14-4-3-5-16(11-14)24-2)18-19-17(21)10-13-6-8-15(9-7-13)20(22)23/h3-9,11H,10H2,1-2H3,(H,19,21)/b18-12+. The molecule has 0 aromatic heterocycles. The molecule has 0 aliphatic rings. The normalized spacial score (nSPS) is 11.0. The lowest BCUT2D eigenvalue weighted by Gasteiger charge is -2.05. The predicted octanol–water partition coefficient (Wildman–Crippen LogP) is 2.69. The second-order valence-electron chi connectivity index (χ2n) is 5.06. The van der Waals surface area contributed by atoms with Crippen LogP contribution in [0.2, 0.25) is 0 Å². The number of nitrogens with zero attached hydrogens (tertiary/aromatic N) is 2. The zero-order chi connectivity index (χ0) is 17.5. The first kappa shape index (κ1) is 17.1. The van der Waals surface area contributed by atoms with Crippen molar-refractivity contribution in [3.8, 4) is 5.75 Å². The van der Waals surface area contributed by atoms with Crippen LogP contribution in [-0.4, -0.2) is 23.7 Å². The summed E-state index contributed by atoms with van der Waals surface area (Å²) in [6, 6.07) is 13.2. The van der Waals surface area contributed by atoms with Crippen molar-refractivity contribution in [2.75, 3.05) is 7.11 Å². The molecule has 2 aromatic carbocycles. The van der Waals surface area contributed by atoms with Crippen molar-refractivity contribution in [1.29, 1.82) is 0 Å². The topological polar surface area (TPSA) is 93.8 Å². The number of carbonyl (C=O) groups is 1. The van der Waals surface area contributed by atoms with E-state index in [9.17, 15) is 14.9 Å². The maximum Gasteiger partial charge on any atom is 0.269 e. The number of non-ortho nitro benzene ring substituents is 1. The average molecular weight is 327 g/mol. The molecule has 0 saturated carbocycles. The fourth-order valence-electron chi connectivity index (χ4n) is 2.02. The Labute approximate surface area is 139 Å². The van der Waals surface area contributed by atoms with Crippen LogP contribution in [0.5, 0.6) is 5.75 Å². The number of carbonyl (C=O) groups excluding carboxylic acids is 1. The molecule has 0 aliphatic carbocycles. The third-order valence-corrected chi connectivity index (χ3v) is 3.35. The van der Waals surface area contributed by atoms with Crippen LogP contribution >= 0.6 is 0 Å². The number of hydrogen-bond acceptors (Lipinski definition) is 5. The van der Waals surface area contributed by atoms with Gasteiger partial charge in [0.25, 0.3) is 5.69 Å². The second-order valence-corrected chi connectivity index (χ2v) is 5.06. The van der Waals surface area contributed by atoms with Crippen molar-refractivity contribution in [2.24, 2.45) is 5.10 Å². The van der Waals surface area contributed by atoms with Crippen LogP contribution in [0.4, 0.5) is 5.69 Å². The molecule has 7 nitrogen and oxygen atoms in total. The molecule has 0 aliphatic heterocycles. The van der Waals surface area contributed by atoms with Gasteiger partial charge in [-0.25, -0.2) is 5.43 Å². The highest BCUT2D eigenvalue weighted by molar-refractivity contribution is 5.99. The van der Waals surface area contributed by atoms with Crippen LogP contribution in [0.3, 0.4) is 0 Å². The fourth-order valence-corrected chi connectivity index (χ4v) is 2.02. The third kappa shape index (κ3) is 4.64. The van der Waals surface area contributed by atoms with Crippen molar-refractivity contribution >= 4 is 17.3 Å². The van der Waals surface area contributed by atoms with Gasteiger partial charge in [0.1, 0.15) is 5.75 Å². The van der Waals surface area contributed by atoms with Gasteiger partial charge in [-0.3, -0.25) is 14.9 Å². The summed E-state index contributed by atoms with van der Waals surface area (Å²) in [7, 11) is 1.58. The monoisotopic (exact) mass is 327 g/mol. The number of ether oxygens (including phenoxy) is 1. The first-order valence-electron chi connectivity index (χ1n) is 7.20. The number of nitro groups is 1. The molecular weight excluding hydrogens is 310 g/mol. The Hall–Kier alpha value is -3.22. The van der Waals surface area contributed by atoms with Crippen LogP contribution in [0.25, 0.3) is 0 Å². The zero-order valence-electron chi connectivity index (χ0n) is 13.4. The summed E-state index contributed by atoms with van der Waals surface area (Å²) in [5, 5.41) is 14.7. The maximum absolute atomic E-state index is 11.9. The highest BCUT2D eigenvalue weighted by Crippen LogP contribution is 2.14. The number of methoxy groups -OCH3 is 1. The van der Waals surface area contributed by atoms with E-state index in [4.69, 9.17) is 4.74 Å². The minimum Gasteiger partial charge on any atom is -0.497 e. The summed E-state index contributed by atoms with van der Waals surface area (Å²) >= 11 is 0. The van der Waals surface area contributed by atoms with E-state index >= 15 is 0 Å². The molecule has 0 heterocycles. The van der Waals surface area contributed by atoms with Crippen molar-refractivity contribution in [1.82, 2.24) is 5.43 Å². The molecule has 2 aromatic rings. The van der Waals surface area contributed by atoms with E-state index in [0.29, 0.717) is 17.0 Å². The number of amides is 1. The highest BCUT2D eigenvalue weighted by Gasteiger charge is 2.07. The van der Waals surface area contributed by atoms with E-state index in [1.165, 1.54) is 12.1 Å². The lowest BCUT2D eigenvalue weighted by molar-refractivity contribution is -0.384. The summed E-state index contributed by atoms with van der Waals surface area (Å²) in [6.07, 6.45) is 0.0902. The predicted molar refractivity (Wildman–Crippen MR) is 90.1 cm³/mol. The van der Waals surface area contributed by atoms with Crippen molar-refractivity contribution in [3.63, 3.8) is 0 Å². The molecule has 0 radical (unpaired) electrons. The molecule has 0 atom stereocenters. The molecule has 0 spiro atoms. The van der Waals surface area contributed by atoms with Gasteiger partial charge in [0.05, 0.1) is 24.2 Å². The Morgan fingerprint density at radius 2 is 1.96 bits per heavy atom. The largest absolute Gasteiger partial charge is 0.497 e. The quantitative estimate of drug-likeness (QED) is 0.501. The van der Waals surface area contributed by atoms with Gasteiger partial charge < -0.3 is 4.74 Å². The minimum atomic E-state index is -0.481. The first-order valence-corrected chi connectivity index (χ1v) is 7.20. The molecule has 24 heavy (non-hydrogen) atoms. The molecule has 0 saturated heterocycles. The van der Waals surface area contributed by atoms with Crippen LogP contribution in [0, 0.1) is 10.1 Å². The summed E-state index contributed by atoms with van der Waals surface area (Å²) in [6.45, 7) is 1.78. The fraction of sp³-hybridized carbons (Fsp3) is 0.176. The van der Waals surface area contributed by atoms with E-state index in [-0.39, 0.29) is 18.0 Å². The highest BCUT2D eigenvalue weighted by atomic mass is 16.6. The Bertz CT molecular complexity index is 770. The zero-order valence-corrected chi connectivity index (χ0v) is 13.4. The third-order valence-electron chi connectivity index (χ3n) is 3.35. The molecule has 2 rings (SSSR count). The molecule has 1 N–H and O–H groups in total. The van der Waals surface area contributed by atoms with Crippen LogP contribution in [0.15, 0.2) is 53.6 Å². The molecule has 0 fully saturated rings. The Kier molecular flexibility index (Phi) is 5.62. The van der Waals surface area contributed by atoms with Crippen molar-refractivity contribution < 1.29 is 14.5 Å². The maximum atomic E-state index is 11.9. The van der Waals surface area contributed by atoms with Gasteiger partial charge in [-0.1, -0.05) is 24.3 Å². The molecule has 7 heteroatoms. The lowest BCUT2D eigenvalue weighted by atomic mass is 10.1. The summed E-state index contributed by atoms with van der Waals surface area (Å²) in [5.41, 5.74) is 4.63. The lowest BCUT2D eigenvalue weighted by Crippen LogP contribution is -2.21. The van der Waals surface area contributed by atoms with Crippen molar-refractivity contribution in [2.45, 2.75) is 13.3 Å². The number of hydrogen-bond donors (Lipinski definition) is 1. The van der Waals surface area contributed by atoms with Crippen molar-refractivity contribution in [3.05, 3.63) is 69.8 Å². The first-order chi connectivity index (χ1) is 11.5. The Morgan fingerprint density at radius 1 is 1.25 bits per heavy atom. The number of nitro benzene ring substituents is 1. The molecule has 124 valence electrons. The van der Waals surface area contributed by atoms with E-state index in [1.807, 2.05) is 24.3 Å². The number of nitrogens with one attached hydrogen (secondary N) is 1. The average Bonchev–Trinajstić information content (AvgIpc) is 2.60. The van der Waals surface area contributed by atoms with E-state index < -0.39 is 4.92 Å². The van der Waals surface area contributed by atoms with Gasteiger partial charge in [0.15, 0.2) is 0 Å². The number of benzene rings is 2. The van der Waals surface area contributed by atoms with Crippen LogP contribution in [0.1, 0.15) is 18.1 Å². The minimum absolute atomic E-state index is 0.00829. The SMILES string of the molecule is COc1cccc(/C(C)=N/NC(=O)Cc2ccc([N+](=O)[O-])cc2)c1. The van der Waals surface area contributed by atoms with E-state index in [0.717, 1.165) is 5.56 Å². The summed E-state index contributed by atoms with van der Waals surface area (Å²) in [5.74, 6) is 0.408. The summed E-state index contributed by atoms with van der Waals surface area (Å²) in [4.78, 5) is 22.0. The summed E-state index contributed by atoms with van der Waals surface area (Å²) < 4.78 is 5.15. The number of hydrazone groups is 1. The molecular formula is C17H17N3O4. The van der Waals surface area contributed by atoms with Crippen LogP contribution < -0.4 is 10.2 Å². The van der Waals surface area contributed by atoms with Gasteiger partial charge in [-0.2, -0.15) is 5.10 Å². The van der Waals surface area contributed by atoms with Gasteiger partial charge >= 0.3 is 0 Å². The number of rotatable bonds is 6. The Morgan fingerprint density at radius 3 is 2.58 bits per heavy atom. The smallest absolute Gasteiger partial charge is 0.269 e. The van der Waals surface area contributed by atoms with Gasteiger partial charge in [0, 0.05) is 17.7 Å². The molecule has 1 amide bonds. The van der Waals surface area contributed by atoms with E-state index in [1.54, 1.807) is 26.2 Å². The van der Waals surface area contributed by atoms with Gasteiger partial charge in [-0.15, -0.1) is 0 Å². The molecule has 0 unspecified atom stereocenters. The van der Waals surface area contributed by atoms with Crippen LogP contribution in [-0.2, 0) is 11.2 Å². The van der Waals surface area contributed by atoms with Gasteiger partial charge in [-0.05, 0) is 24.6 Å². The Balaban J connectivity index is 1.97. The second kappa shape index (κ2) is 7.87. The van der Waals surface area contributed by atoms with Gasteiger partial charge in [0.2, 0.25) is 5.91 Å². The van der Waals surface area contributed by atoms with E-state index in [2.05, 4.69) is 10.5 Å². The molecule has 0 bridgehead atoms.